The average molecular weight is 563 g/mol. The molecule has 15 heteroatoms. The third-order valence-corrected chi connectivity index (χ3v) is 5.42. The van der Waals surface area contributed by atoms with Gasteiger partial charge in [0, 0.05) is 54.4 Å². The van der Waals surface area contributed by atoms with Gasteiger partial charge in [0.25, 0.3) is 0 Å². The second-order valence-electron chi connectivity index (χ2n) is 8.89. The van der Waals surface area contributed by atoms with Crippen molar-refractivity contribution in [2.45, 2.75) is 104 Å². The molecule has 0 unspecified atom stereocenters. The van der Waals surface area contributed by atoms with Gasteiger partial charge in [-0.05, 0) is 0 Å². The maximum Gasteiger partial charge on any atom is 0.303 e. The zero-order valence-corrected chi connectivity index (χ0v) is 22.6. The van der Waals surface area contributed by atoms with E-state index in [4.69, 9.17) is 42.6 Å². The lowest BCUT2D eigenvalue weighted by molar-refractivity contribution is -0.355. The topological polar surface area (TPSA) is 185 Å². The summed E-state index contributed by atoms with van der Waals surface area (Å²) in [6, 6.07) is 0. The molecule has 0 aliphatic carbocycles. The van der Waals surface area contributed by atoms with E-state index in [-0.39, 0.29) is 26.1 Å². The van der Waals surface area contributed by atoms with Crippen LogP contribution in [-0.2, 0) is 71.4 Å². The molecule has 2 rings (SSSR count). The number of hydrogen-bond acceptors (Lipinski definition) is 15. The van der Waals surface area contributed by atoms with Crippen LogP contribution in [0.25, 0.3) is 0 Å². The maximum atomic E-state index is 11.8. The molecule has 220 valence electrons. The van der Waals surface area contributed by atoms with Crippen LogP contribution in [0, 0.1) is 0 Å². The minimum Gasteiger partial charge on any atom is -0.463 e. The first kappa shape index (κ1) is 31.9. The lowest BCUT2D eigenvalue weighted by Gasteiger charge is -2.44. The Morgan fingerprint density at radius 2 is 0.821 bits per heavy atom. The third-order valence-electron chi connectivity index (χ3n) is 5.42. The van der Waals surface area contributed by atoms with Gasteiger partial charge in [0.1, 0.15) is 37.6 Å². The Labute approximate surface area is 224 Å². The van der Waals surface area contributed by atoms with Crippen molar-refractivity contribution in [1.29, 1.82) is 0 Å². The van der Waals surface area contributed by atoms with Crippen molar-refractivity contribution in [2.24, 2.45) is 0 Å². The lowest BCUT2D eigenvalue weighted by atomic mass is 10.0. The van der Waals surface area contributed by atoms with E-state index in [1.54, 1.807) is 0 Å². The highest BCUT2D eigenvalue weighted by molar-refractivity contribution is 5.68. The van der Waals surface area contributed by atoms with E-state index in [0.29, 0.717) is 0 Å². The van der Waals surface area contributed by atoms with Crippen LogP contribution in [0.5, 0.6) is 0 Å². The molecular formula is C24H34O15. The molecular weight excluding hydrogens is 528 g/mol. The molecule has 2 heterocycles. The standard InChI is InChI=1S/C24H34O15/c1-11(25)31-9-21-17(33-13(3)27)7-19(35-15(5)29)23(37-21)39-24-20(36-16(6)30)8-18(34-14(4)28)22(38-24)10-32-12(2)26/h17-24H,7-10H2,1-6H3/t17-,18-,19+,20+,21-,22-,23-,24-/m1/s1. The summed E-state index contributed by atoms with van der Waals surface area (Å²) >= 11 is 0. The smallest absolute Gasteiger partial charge is 0.303 e. The minimum absolute atomic E-state index is 0.0896. The molecule has 0 spiro atoms. The van der Waals surface area contributed by atoms with Crippen LogP contribution in [0.4, 0.5) is 0 Å². The summed E-state index contributed by atoms with van der Waals surface area (Å²) in [7, 11) is 0. The minimum atomic E-state index is -1.37. The number of esters is 6. The summed E-state index contributed by atoms with van der Waals surface area (Å²) in [4.78, 5) is 69.8. The van der Waals surface area contributed by atoms with Crippen LogP contribution in [0.1, 0.15) is 54.4 Å². The number of rotatable bonds is 10. The predicted octanol–water partition coefficient (Wildman–Crippen LogP) is 0.0860. The predicted molar refractivity (Wildman–Crippen MR) is 123 cm³/mol. The summed E-state index contributed by atoms with van der Waals surface area (Å²) in [5, 5.41) is 0. The van der Waals surface area contributed by atoms with Crippen molar-refractivity contribution in [3.05, 3.63) is 0 Å². The molecule has 0 amide bonds. The summed E-state index contributed by atoms with van der Waals surface area (Å²) in [6.07, 6.45) is -9.14. The van der Waals surface area contributed by atoms with Crippen molar-refractivity contribution in [3.63, 3.8) is 0 Å². The molecule has 0 aromatic rings. The first-order valence-corrected chi connectivity index (χ1v) is 12.2. The van der Waals surface area contributed by atoms with Crippen LogP contribution >= 0.6 is 0 Å². The van der Waals surface area contributed by atoms with E-state index in [0.717, 1.165) is 13.8 Å². The second kappa shape index (κ2) is 14.7. The quantitative estimate of drug-likeness (QED) is 0.257. The van der Waals surface area contributed by atoms with Gasteiger partial charge in [0.15, 0.2) is 24.8 Å². The maximum absolute atomic E-state index is 11.8. The van der Waals surface area contributed by atoms with Gasteiger partial charge in [-0.15, -0.1) is 0 Å². The molecule has 39 heavy (non-hydrogen) atoms. The van der Waals surface area contributed by atoms with Crippen LogP contribution in [0.3, 0.4) is 0 Å². The fraction of sp³-hybridized carbons (Fsp3) is 0.750. The monoisotopic (exact) mass is 562 g/mol. The highest BCUT2D eigenvalue weighted by Gasteiger charge is 2.48. The van der Waals surface area contributed by atoms with Crippen molar-refractivity contribution >= 4 is 35.8 Å². The molecule has 0 radical (unpaired) electrons. The largest absolute Gasteiger partial charge is 0.463 e. The molecule has 0 N–H and O–H groups in total. The van der Waals surface area contributed by atoms with Crippen molar-refractivity contribution in [3.8, 4) is 0 Å². The van der Waals surface area contributed by atoms with Crippen molar-refractivity contribution in [2.75, 3.05) is 13.2 Å². The van der Waals surface area contributed by atoms with E-state index in [1.807, 2.05) is 0 Å². The zero-order chi connectivity index (χ0) is 29.3. The molecule has 0 bridgehead atoms. The number of carbonyl (C=O) groups is 6. The van der Waals surface area contributed by atoms with Gasteiger partial charge in [-0.25, -0.2) is 0 Å². The molecule has 8 atom stereocenters. The fourth-order valence-electron chi connectivity index (χ4n) is 4.05. The van der Waals surface area contributed by atoms with E-state index in [1.165, 1.54) is 27.7 Å². The second-order valence-corrected chi connectivity index (χ2v) is 8.89. The van der Waals surface area contributed by atoms with Crippen LogP contribution in [0.2, 0.25) is 0 Å². The Kier molecular flexibility index (Phi) is 12.1. The highest BCUT2D eigenvalue weighted by Crippen LogP contribution is 2.32. The van der Waals surface area contributed by atoms with E-state index in [2.05, 4.69) is 0 Å². The van der Waals surface area contributed by atoms with E-state index < -0.39 is 85.0 Å². The molecule has 2 aliphatic rings. The Bertz CT molecular complexity index is 845. The number of ether oxygens (including phenoxy) is 9. The SMILES string of the molecule is CC(=O)OC[C@H]1O[C@H](O[C@H]2O[C@H](COC(C)=O)[C@H](OC(C)=O)C[C@@H]2OC(C)=O)[C@@H](OC(C)=O)C[C@H]1OC(C)=O. The summed E-state index contributed by atoms with van der Waals surface area (Å²) < 4.78 is 49.1. The summed E-state index contributed by atoms with van der Waals surface area (Å²) in [5.41, 5.74) is 0. The van der Waals surface area contributed by atoms with Crippen LogP contribution < -0.4 is 0 Å². The molecule has 0 saturated carbocycles. The van der Waals surface area contributed by atoms with Gasteiger partial charge in [-0.3, -0.25) is 28.8 Å². The normalized spacial score (nSPS) is 30.3. The van der Waals surface area contributed by atoms with E-state index in [9.17, 15) is 28.8 Å². The van der Waals surface area contributed by atoms with Gasteiger partial charge in [-0.2, -0.15) is 0 Å². The molecule has 15 nitrogen and oxygen atoms in total. The van der Waals surface area contributed by atoms with E-state index >= 15 is 0 Å². The summed E-state index contributed by atoms with van der Waals surface area (Å²) in [6.45, 7) is 6.39. The molecule has 2 saturated heterocycles. The Morgan fingerprint density at radius 3 is 1.10 bits per heavy atom. The van der Waals surface area contributed by atoms with Crippen LogP contribution in [-0.4, -0.2) is 98.2 Å². The van der Waals surface area contributed by atoms with Gasteiger partial charge < -0.3 is 42.6 Å². The van der Waals surface area contributed by atoms with Gasteiger partial charge in [-0.1, -0.05) is 0 Å². The van der Waals surface area contributed by atoms with Gasteiger partial charge in [0.05, 0.1) is 0 Å². The average Bonchev–Trinajstić information content (AvgIpc) is 2.78. The Balaban J connectivity index is 2.34. The Hall–Kier alpha value is -3.30. The first-order chi connectivity index (χ1) is 18.2. The molecule has 2 fully saturated rings. The van der Waals surface area contributed by atoms with Crippen molar-refractivity contribution < 1.29 is 71.4 Å². The van der Waals surface area contributed by atoms with Crippen molar-refractivity contribution in [1.82, 2.24) is 0 Å². The molecule has 0 aromatic heterocycles. The Morgan fingerprint density at radius 1 is 0.513 bits per heavy atom. The first-order valence-electron chi connectivity index (χ1n) is 12.2. The van der Waals surface area contributed by atoms with Crippen LogP contribution in [0.15, 0.2) is 0 Å². The molecule has 0 aromatic carbocycles. The zero-order valence-electron chi connectivity index (χ0n) is 22.6. The highest BCUT2D eigenvalue weighted by atomic mass is 16.8. The number of hydrogen-bond donors (Lipinski definition) is 0. The lowest BCUT2D eigenvalue weighted by Crippen LogP contribution is -2.58. The number of carbonyl (C=O) groups excluding carboxylic acids is 6. The van der Waals surface area contributed by atoms with Gasteiger partial charge >= 0.3 is 35.8 Å². The third kappa shape index (κ3) is 10.8. The fourth-order valence-corrected chi connectivity index (χ4v) is 4.05. The molecule has 2 aliphatic heterocycles. The van der Waals surface area contributed by atoms with Gasteiger partial charge in [0.2, 0.25) is 0 Å². The summed E-state index contributed by atoms with van der Waals surface area (Å²) in [5.74, 6) is -3.91.